The lowest BCUT2D eigenvalue weighted by atomic mass is 9.62. The Hall–Kier alpha value is -1.39. The number of ether oxygens (including phenoxy) is 1. The van der Waals surface area contributed by atoms with Gasteiger partial charge in [0.1, 0.15) is 12.4 Å². The summed E-state index contributed by atoms with van der Waals surface area (Å²) in [6.45, 7) is 7.51. The van der Waals surface area contributed by atoms with Gasteiger partial charge in [0.15, 0.2) is 0 Å². The number of ketones is 1. The van der Waals surface area contributed by atoms with Gasteiger partial charge in [0.05, 0.1) is 11.5 Å². The van der Waals surface area contributed by atoms with Gasteiger partial charge in [-0.05, 0) is 50.4 Å². The molecule has 4 atom stereocenters. The second-order valence-electron chi connectivity index (χ2n) is 7.41. The van der Waals surface area contributed by atoms with Gasteiger partial charge in [-0.15, -0.1) is 0 Å². The summed E-state index contributed by atoms with van der Waals surface area (Å²) in [4.78, 5) is 37.8. The van der Waals surface area contributed by atoms with Crippen molar-refractivity contribution in [3.05, 3.63) is 0 Å². The van der Waals surface area contributed by atoms with Crippen molar-refractivity contribution in [1.82, 2.24) is 4.90 Å². The minimum Gasteiger partial charge on any atom is -0.447 e. The largest absolute Gasteiger partial charge is 0.447 e. The van der Waals surface area contributed by atoms with E-state index in [4.69, 9.17) is 4.74 Å². The van der Waals surface area contributed by atoms with Gasteiger partial charge in [-0.2, -0.15) is 0 Å². The summed E-state index contributed by atoms with van der Waals surface area (Å²) >= 11 is 0. The van der Waals surface area contributed by atoms with Gasteiger partial charge in [0.2, 0.25) is 5.91 Å². The first-order chi connectivity index (χ1) is 9.73. The van der Waals surface area contributed by atoms with E-state index in [2.05, 4.69) is 13.8 Å². The van der Waals surface area contributed by atoms with Crippen molar-refractivity contribution < 1.29 is 19.1 Å². The monoisotopic (exact) mass is 293 g/mol. The number of cyclic esters (lactones) is 1. The van der Waals surface area contributed by atoms with E-state index in [1.807, 2.05) is 0 Å². The Labute approximate surface area is 125 Å². The highest BCUT2D eigenvalue weighted by atomic mass is 16.6. The summed E-state index contributed by atoms with van der Waals surface area (Å²) in [5.74, 6) is -0.587. The number of fused-ring (bicyclic) bond motifs is 3. The fourth-order valence-electron chi connectivity index (χ4n) is 4.84. The molecule has 1 heterocycles. The molecular formula is C16H23NO4. The van der Waals surface area contributed by atoms with Gasteiger partial charge in [0.25, 0.3) is 0 Å². The van der Waals surface area contributed by atoms with Gasteiger partial charge in [-0.25, -0.2) is 9.69 Å². The number of hydrogen-bond acceptors (Lipinski definition) is 4. The number of Topliss-reactive ketones (excluding diaryl/α,β-unsaturated/α-hetero) is 1. The van der Waals surface area contributed by atoms with E-state index in [1.165, 1.54) is 11.8 Å². The maximum Gasteiger partial charge on any atom is 0.417 e. The van der Waals surface area contributed by atoms with E-state index in [9.17, 15) is 14.4 Å². The number of carbonyl (C=O) groups excluding carboxylic acids is 3. The minimum absolute atomic E-state index is 0.158. The molecule has 3 rings (SSSR count). The molecule has 116 valence electrons. The molecule has 2 aliphatic carbocycles. The van der Waals surface area contributed by atoms with Crippen LogP contribution in [0.25, 0.3) is 0 Å². The molecule has 3 aliphatic rings. The second kappa shape index (κ2) is 4.31. The summed E-state index contributed by atoms with van der Waals surface area (Å²) in [5.41, 5.74) is -0.720. The van der Waals surface area contributed by atoms with Gasteiger partial charge in [0, 0.05) is 0 Å². The Bertz CT molecular complexity index is 526. The van der Waals surface area contributed by atoms with Crippen molar-refractivity contribution in [3.63, 3.8) is 0 Å². The normalized spacial score (nSPS) is 37.9. The highest BCUT2D eigenvalue weighted by Crippen LogP contribution is 2.65. The third-order valence-electron chi connectivity index (χ3n) is 6.44. The highest BCUT2D eigenvalue weighted by Gasteiger charge is 2.71. The average molecular weight is 293 g/mol. The van der Waals surface area contributed by atoms with Crippen LogP contribution in [0.2, 0.25) is 0 Å². The Morgan fingerprint density at radius 2 is 1.90 bits per heavy atom. The lowest BCUT2D eigenvalue weighted by Crippen LogP contribution is -2.63. The number of nitrogens with zero attached hydrogens (tertiary/aromatic N) is 1. The molecule has 2 saturated carbocycles. The summed E-state index contributed by atoms with van der Waals surface area (Å²) in [5, 5.41) is 0. The summed E-state index contributed by atoms with van der Waals surface area (Å²) in [6.07, 6.45) is 2.65. The lowest BCUT2D eigenvalue weighted by Gasteiger charge is -2.49. The predicted octanol–water partition coefficient (Wildman–Crippen LogP) is 2.39. The summed E-state index contributed by atoms with van der Waals surface area (Å²) in [7, 11) is 0. The zero-order valence-corrected chi connectivity index (χ0v) is 13.1. The molecule has 0 N–H and O–H groups in total. The molecule has 0 unspecified atom stereocenters. The maximum atomic E-state index is 12.7. The molecule has 0 aromatic carbocycles. The van der Waals surface area contributed by atoms with E-state index < -0.39 is 23.5 Å². The highest BCUT2D eigenvalue weighted by molar-refractivity contribution is 6.06. The van der Waals surface area contributed by atoms with Gasteiger partial charge < -0.3 is 4.74 Å². The zero-order chi connectivity index (χ0) is 15.6. The standard InChI is InChI=1S/C16H23NO4/c1-9(10(2)18)13(19)17-14(20)21-8-16(17)12-6-5-11(7-12)15(16,3)4/h9,11-12H,5-8H2,1-4H3/t9-,11+,12-,16+/m1/s1. The van der Waals surface area contributed by atoms with Crippen LogP contribution in [-0.4, -0.2) is 34.8 Å². The zero-order valence-electron chi connectivity index (χ0n) is 13.1. The Morgan fingerprint density at radius 1 is 1.29 bits per heavy atom. The lowest BCUT2D eigenvalue weighted by molar-refractivity contribution is -0.145. The molecule has 0 aromatic rings. The van der Waals surface area contributed by atoms with Crippen LogP contribution in [0.15, 0.2) is 0 Å². The fraction of sp³-hybridized carbons (Fsp3) is 0.812. The third kappa shape index (κ3) is 1.60. The van der Waals surface area contributed by atoms with Crippen LogP contribution >= 0.6 is 0 Å². The van der Waals surface area contributed by atoms with Crippen molar-refractivity contribution in [3.8, 4) is 0 Å². The minimum atomic E-state index is -0.789. The van der Waals surface area contributed by atoms with Crippen LogP contribution in [0, 0.1) is 23.2 Å². The smallest absolute Gasteiger partial charge is 0.417 e. The molecule has 1 aliphatic heterocycles. The molecule has 1 saturated heterocycles. The number of amides is 2. The predicted molar refractivity (Wildman–Crippen MR) is 75.4 cm³/mol. The molecule has 1 spiro atoms. The molecule has 0 radical (unpaired) electrons. The first-order valence-corrected chi connectivity index (χ1v) is 7.74. The SMILES string of the molecule is CC(=O)[C@@H](C)C(=O)N1C(=O)OC[C@@]12[C@@H]1CC[C@@H](C1)C2(C)C. The van der Waals surface area contributed by atoms with Crippen molar-refractivity contribution in [2.45, 2.75) is 52.5 Å². The van der Waals surface area contributed by atoms with E-state index >= 15 is 0 Å². The van der Waals surface area contributed by atoms with Crippen LogP contribution in [0.1, 0.15) is 47.0 Å². The molecule has 2 bridgehead atoms. The number of hydrogen-bond donors (Lipinski definition) is 0. The maximum absolute atomic E-state index is 12.7. The van der Waals surface area contributed by atoms with Crippen LogP contribution in [0.4, 0.5) is 4.79 Å². The summed E-state index contributed by atoms with van der Waals surface area (Å²) < 4.78 is 5.30. The molecule has 0 aromatic heterocycles. The molecule has 5 heteroatoms. The van der Waals surface area contributed by atoms with Crippen molar-refractivity contribution >= 4 is 17.8 Å². The Kier molecular flexibility index (Phi) is 2.98. The number of carbonyl (C=O) groups is 3. The molecule has 5 nitrogen and oxygen atoms in total. The Balaban J connectivity index is 2.04. The van der Waals surface area contributed by atoms with Crippen molar-refractivity contribution in [2.75, 3.05) is 6.61 Å². The van der Waals surface area contributed by atoms with E-state index in [1.54, 1.807) is 6.92 Å². The molecule has 21 heavy (non-hydrogen) atoms. The first-order valence-electron chi connectivity index (χ1n) is 7.74. The fourth-order valence-corrected chi connectivity index (χ4v) is 4.84. The second-order valence-corrected chi connectivity index (χ2v) is 7.41. The molecule has 3 fully saturated rings. The van der Waals surface area contributed by atoms with Crippen LogP contribution in [0.3, 0.4) is 0 Å². The topological polar surface area (TPSA) is 63.7 Å². The van der Waals surface area contributed by atoms with Gasteiger partial charge in [-0.1, -0.05) is 13.8 Å². The quantitative estimate of drug-likeness (QED) is 0.733. The van der Waals surface area contributed by atoms with E-state index in [0.29, 0.717) is 11.8 Å². The Morgan fingerprint density at radius 3 is 2.43 bits per heavy atom. The van der Waals surface area contributed by atoms with Gasteiger partial charge in [-0.3, -0.25) is 9.59 Å². The summed E-state index contributed by atoms with van der Waals surface area (Å²) in [6, 6.07) is 0. The van der Waals surface area contributed by atoms with Crippen molar-refractivity contribution in [1.29, 1.82) is 0 Å². The first kappa shape index (κ1) is 14.5. The number of rotatable bonds is 2. The molecular weight excluding hydrogens is 270 g/mol. The average Bonchev–Trinajstić information content (AvgIpc) is 3.05. The third-order valence-corrected chi connectivity index (χ3v) is 6.44. The van der Waals surface area contributed by atoms with E-state index in [-0.39, 0.29) is 17.8 Å². The number of imide groups is 1. The van der Waals surface area contributed by atoms with Crippen LogP contribution in [0.5, 0.6) is 0 Å². The van der Waals surface area contributed by atoms with E-state index in [0.717, 1.165) is 19.3 Å². The van der Waals surface area contributed by atoms with Crippen LogP contribution in [-0.2, 0) is 14.3 Å². The van der Waals surface area contributed by atoms with Crippen LogP contribution < -0.4 is 0 Å². The van der Waals surface area contributed by atoms with Crippen molar-refractivity contribution in [2.24, 2.45) is 23.2 Å². The molecule has 2 amide bonds. The van der Waals surface area contributed by atoms with Gasteiger partial charge >= 0.3 is 6.09 Å².